The molecule has 24 heavy (non-hydrogen) atoms. The molecule has 1 aromatic heterocycles. The molecule has 0 spiro atoms. The molecular formula is C17H30IN5O. The molecule has 1 aliphatic heterocycles. The number of rotatable bonds is 6. The van der Waals surface area contributed by atoms with Crippen molar-refractivity contribution in [3.8, 4) is 5.75 Å². The van der Waals surface area contributed by atoms with Gasteiger partial charge in [0.15, 0.2) is 5.96 Å². The van der Waals surface area contributed by atoms with Crippen molar-refractivity contribution < 1.29 is 4.74 Å². The molecular weight excluding hydrogens is 417 g/mol. The lowest BCUT2D eigenvalue weighted by molar-refractivity contribution is 0.267. The summed E-state index contributed by atoms with van der Waals surface area (Å²) < 4.78 is 5.42. The molecule has 0 aromatic carbocycles. The normalized spacial score (nSPS) is 18.3. The van der Waals surface area contributed by atoms with Gasteiger partial charge in [0.1, 0.15) is 5.75 Å². The smallest absolute Gasteiger partial charge is 0.189 e. The fourth-order valence-corrected chi connectivity index (χ4v) is 3.21. The molecule has 1 saturated heterocycles. The van der Waals surface area contributed by atoms with Crippen molar-refractivity contribution in [1.29, 1.82) is 0 Å². The second-order valence-corrected chi connectivity index (χ2v) is 6.05. The zero-order valence-electron chi connectivity index (χ0n) is 15.1. The first-order chi connectivity index (χ1) is 11.1. The Labute approximate surface area is 162 Å². The highest BCUT2D eigenvalue weighted by Crippen LogP contribution is 2.24. The van der Waals surface area contributed by atoms with Crippen LogP contribution in [0.25, 0.3) is 0 Å². The Morgan fingerprint density at radius 2 is 2.25 bits per heavy atom. The number of ether oxygens (including phenoxy) is 1. The van der Waals surface area contributed by atoms with Crippen LogP contribution in [0.1, 0.15) is 36.6 Å². The average molecular weight is 447 g/mol. The molecule has 1 fully saturated rings. The van der Waals surface area contributed by atoms with Crippen LogP contribution >= 0.6 is 24.0 Å². The molecule has 1 atom stereocenters. The SMILES string of the molecule is CCN1CCCC1CNC(N)=NCc1ncc(C)c(OC)c1C.I. The third-order valence-electron chi connectivity index (χ3n) is 4.57. The van der Waals surface area contributed by atoms with Crippen LogP contribution in [-0.2, 0) is 6.54 Å². The van der Waals surface area contributed by atoms with Gasteiger partial charge in [0, 0.05) is 29.9 Å². The number of nitrogens with two attached hydrogens (primary N) is 1. The van der Waals surface area contributed by atoms with E-state index >= 15 is 0 Å². The maximum atomic E-state index is 6.00. The van der Waals surface area contributed by atoms with E-state index in [-0.39, 0.29) is 24.0 Å². The predicted molar refractivity (Wildman–Crippen MR) is 109 cm³/mol. The largest absolute Gasteiger partial charge is 0.496 e. The second-order valence-electron chi connectivity index (χ2n) is 6.05. The summed E-state index contributed by atoms with van der Waals surface area (Å²) in [5.74, 6) is 1.36. The first kappa shape index (κ1) is 21.0. The summed E-state index contributed by atoms with van der Waals surface area (Å²) in [5.41, 5.74) is 8.95. The zero-order valence-corrected chi connectivity index (χ0v) is 17.5. The molecule has 0 amide bonds. The van der Waals surface area contributed by atoms with Gasteiger partial charge < -0.3 is 15.8 Å². The van der Waals surface area contributed by atoms with E-state index in [9.17, 15) is 0 Å². The summed E-state index contributed by atoms with van der Waals surface area (Å²) in [4.78, 5) is 11.3. The number of likely N-dealkylation sites (N-methyl/N-ethyl adjacent to an activating group) is 1. The summed E-state index contributed by atoms with van der Waals surface area (Å²) in [6, 6.07) is 0.563. The van der Waals surface area contributed by atoms with Crippen LogP contribution in [0.3, 0.4) is 0 Å². The van der Waals surface area contributed by atoms with E-state index in [1.54, 1.807) is 7.11 Å². The van der Waals surface area contributed by atoms with Crippen molar-refractivity contribution in [2.24, 2.45) is 10.7 Å². The fourth-order valence-electron chi connectivity index (χ4n) is 3.21. The van der Waals surface area contributed by atoms with Gasteiger partial charge in [-0.05, 0) is 39.8 Å². The summed E-state index contributed by atoms with van der Waals surface area (Å²) in [6.07, 6.45) is 4.31. The van der Waals surface area contributed by atoms with Crippen molar-refractivity contribution in [1.82, 2.24) is 15.2 Å². The number of nitrogens with zero attached hydrogens (tertiary/aromatic N) is 3. The number of aryl methyl sites for hydroxylation is 1. The van der Waals surface area contributed by atoms with E-state index in [0.717, 1.165) is 35.7 Å². The highest BCUT2D eigenvalue weighted by atomic mass is 127. The van der Waals surface area contributed by atoms with E-state index in [1.807, 2.05) is 20.0 Å². The third kappa shape index (κ3) is 5.20. The van der Waals surface area contributed by atoms with Crippen LogP contribution in [0, 0.1) is 13.8 Å². The highest BCUT2D eigenvalue weighted by Gasteiger charge is 2.22. The number of likely N-dealkylation sites (tertiary alicyclic amines) is 1. The molecule has 0 saturated carbocycles. The first-order valence-corrected chi connectivity index (χ1v) is 8.33. The topological polar surface area (TPSA) is 75.8 Å². The molecule has 136 valence electrons. The number of aromatic nitrogens is 1. The molecule has 0 radical (unpaired) electrons. The van der Waals surface area contributed by atoms with Gasteiger partial charge in [-0.2, -0.15) is 0 Å². The maximum Gasteiger partial charge on any atom is 0.189 e. The van der Waals surface area contributed by atoms with Gasteiger partial charge in [-0.15, -0.1) is 24.0 Å². The second kappa shape index (κ2) is 10.0. The van der Waals surface area contributed by atoms with Gasteiger partial charge in [0.05, 0.1) is 19.3 Å². The van der Waals surface area contributed by atoms with Crippen molar-refractivity contribution in [3.63, 3.8) is 0 Å². The van der Waals surface area contributed by atoms with Gasteiger partial charge in [0.25, 0.3) is 0 Å². The Kier molecular flexibility index (Phi) is 8.75. The minimum atomic E-state index is 0. The van der Waals surface area contributed by atoms with Crippen LogP contribution < -0.4 is 15.8 Å². The monoisotopic (exact) mass is 447 g/mol. The number of methoxy groups -OCH3 is 1. The molecule has 2 heterocycles. The number of halogens is 1. The number of guanidine groups is 1. The number of aliphatic imine (C=N–C) groups is 1. The zero-order chi connectivity index (χ0) is 16.8. The first-order valence-electron chi connectivity index (χ1n) is 8.33. The number of hydrogen-bond acceptors (Lipinski definition) is 4. The van der Waals surface area contributed by atoms with Gasteiger partial charge in [0.2, 0.25) is 0 Å². The third-order valence-corrected chi connectivity index (χ3v) is 4.57. The summed E-state index contributed by atoms with van der Waals surface area (Å²) >= 11 is 0. The molecule has 2 rings (SSSR count). The summed E-state index contributed by atoms with van der Waals surface area (Å²) in [6.45, 7) is 9.79. The van der Waals surface area contributed by atoms with Crippen LogP contribution in [-0.4, -0.2) is 48.6 Å². The molecule has 1 aliphatic rings. The number of nitrogens with one attached hydrogen (secondary N) is 1. The quantitative estimate of drug-likeness (QED) is 0.398. The van der Waals surface area contributed by atoms with Crippen molar-refractivity contribution in [2.75, 3.05) is 26.7 Å². The van der Waals surface area contributed by atoms with Crippen molar-refractivity contribution >= 4 is 29.9 Å². The van der Waals surface area contributed by atoms with Crippen LogP contribution in [0.4, 0.5) is 0 Å². The Balaban J connectivity index is 0.00000288. The number of hydrogen-bond donors (Lipinski definition) is 2. The average Bonchev–Trinajstić information content (AvgIpc) is 3.00. The summed E-state index contributed by atoms with van der Waals surface area (Å²) in [5, 5.41) is 3.25. The Morgan fingerprint density at radius 3 is 2.92 bits per heavy atom. The van der Waals surface area contributed by atoms with Gasteiger partial charge in [-0.25, -0.2) is 4.99 Å². The van der Waals surface area contributed by atoms with E-state index in [2.05, 4.69) is 27.1 Å². The molecule has 1 unspecified atom stereocenters. The lowest BCUT2D eigenvalue weighted by Crippen LogP contribution is -2.42. The van der Waals surface area contributed by atoms with E-state index < -0.39 is 0 Å². The minimum Gasteiger partial charge on any atom is -0.496 e. The number of pyridine rings is 1. The van der Waals surface area contributed by atoms with Crippen LogP contribution in [0.5, 0.6) is 5.75 Å². The molecule has 1 aromatic rings. The van der Waals surface area contributed by atoms with Gasteiger partial charge in [-0.1, -0.05) is 6.92 Å². The molecule has 0 bridgehead atoms. The molecule has 7 heteroatoms. The molecule has 3 N–H and O–H groups in total. The standard InChI is InChI=1S/C17H29N5O.HI/c1-5-22-8-6-7-14(22)10-20-17(18)21-11-15-13(3)16(23-4)12(2)9-19-15;/h9,14H,5-8,10-11H2,1-4H3,(H3,18,20,21);1H. The lowest BCUT2D eigenvalue weighted by atomic mass is 10.1. The van der Waals surface area contributed by atoms with E-state index in [4.69, 9.17) is 10.5 Å². The predicted octanol–water partition coefficient (Wildman–Crippen LogP) is 2.21. The van der Waals surface area contributed by atoms with Gasteiger partial charge in [-0.3, -0.25) is 9.88 Å². The van der Waals surface area contributed by atoms with E-state index in [1.165, 1.54) is 19.4 Å². The fraction of sp³-hybridized carbons (Fsp3) is 0.647. The molecule has 0 aliphatic carbocycles. The molecule has 6 nitrogen and oxygen atoms in total. The Morgan fingerprint density at radius 1 is 1.50 bits per heavy atom. The Bertz CT molecular complexity index is 564. The van der Waals surface area contributed by atoms with Crippen molar-refractivity contribution in [2.45, 2.75) is 46.2 Å². The Hall–Kier alpha value is -1.09. The van der Waals surface area contributed by atoms with Crippen molar-refractivity contribution in [3.05, 3.63) is 23.0 Å². The van der Waals surface area contributed by atoms with Crippen LogP contribution in [0.2, 0.25) is 0 Å². The van der Waals surface area contributed by atoms with E-state index in [0.29, 0.717) is 18.5 Å². The lowest BCUT2D eigenvalue weighted by Gasteiger charge is -2.23. The maximum absolute atomic E-state index is 6.00. The highest BCUT2D eigenvalue weighted by molar-refractivity contribution is 14.0. The van der Waals surface area contributed by atoms with Crippen LogP contribution in [0.15, 0.2) is 11.2 Å². The summed E-state index contributed by atoms with van der Waals surface area (Å²) in [7, 11) is 1.68. The van der Waals surface area contributed by atoms with Gasteiger partial charge >= 0.3 is 0 Å². The minimum absolute atomic E-state index is 0.